The molecule has 1 rings (SSSR count). The Morgan fingerprint density at radius 2 is 1.28 bits per heavy atom. The summed E-state index contributed by atoms with van der Waals surface area (Å²) in [6, 6.07) is 7.77. The largest absolute Gasteiger partial charge is 0.481 e. The number of carbonyl (C=O) groups excluding carboxylic acids is 2. The fraction of sp³-hybridized carbons (Fsp3) is 0.640. The number of para-hydroxylation sites is 1. The molecule has 2 amide bonds. The molecule has 0 aliphatic heterocycles. The molecule has 1 aromatic rings. The number of carboxylic acids is 1. The van der Waals surface area contributed by atoms with Gasteiger partial charge in [0.05, 0.1) is 5.69 Å². The van der Waals surface area contributed by atoms with Gasteiger partial charge in [-0.1, -0.05) is 69.9 Å². The summed E-state index contributed by atoms with van der Waals surface area (Å²) in [4.78, 5) is 34.6. The van der Waals surface area contributed by atoms with Crippen LogP contribution in [-0.2, 0) is 14.4 Å². The van der Waals surface area contributed by atoms with Crippen molar-refractivity contribution in [1.29, 1.82) is 0 Å². The number of rotatable bonds is 20. The maximum absolute atomic E-state index is 12.3. The second-order valence-electron chi connectivity index (χ2n) is 8.25. The highest BCUT2D eigenvalue weighted by Crippen LogP contribution is 2.28. The van der Waals surface area contributed by atoms with Crippen molar-refractivity contribution in [2.45, 2.75) is 101 Å². The molecule has 0 unspecified atom stereocenters. The van der Waals surface area contributed by atoms with E-state index in [0.717, 1.165) is 61.3 Å². The van der Waals surface area contributed by atoms with Crippen molar-refractivity contribution in [1.82, 2.24) is 0 Å². The van der Waals surface area contributed by atoms with Crippen LogP contribution >= 0.6 is 11.8 Å². The second-order valence-corrected chi connectivity index (χ2v) is 9.38. The Bertz CT molecular complexity index is 682. The van der Waals surface area contributed by atoms with Crippen molar-refractivity contribution in [3.63, 3.8) is 0 Å². The van der Waals surface area contributed by atoms with E-state index in [-0.39, 0.29) is 11.8 Å². The van der Waals surface area contributed by atoms with Crippen molar-refractivity contribution in [3.05, 3.63) is 24.3 Å². The predicted molar refractivity (Wildman–Crippen MR) is 132 cm³/mol. The van der Waals surface area contributed by atoms with E-state index in [1.54, 1.807) is 11.8 Å². The molecule has 4 N–H and O–H groups in total. The standard InChI is InChI=1S/C25H40N2O4S/c26-23(28)17-14-20-32-22-16-13-12-15-21(22)27-24(29)18-10-8-6-4-2-1-3-5-7-9-11-19-25(30)31/h12-13,15-16H,1-11,14,17-20H2,(H2,26,28)(H,27,29)(H,30,31). The Morgan fingerprint density at radius 1 is 0.750 bits per heavy atom. The molecule has 0 aliphatic carbocycles. The van der Waals surface area contributed by atoms with Gasteiger partial charge in [0.1, 0.15) is 0 Å². The van der Waals surface area contributed by atoms with Gasteiger partial charge in [0, 0.05) is 24.2 Å². The minimum absolute atomic E-state index is 0.0538. The third-order valence-electron chi connectivity index (χ3n) is 5.28. The highest BCUT2D eigenvalue weighted by Gasteiger charge is 2.07. The van der Waals surface area contributed by atoms with Gasteiger partial charge in [0.15, 0.2) is 0 Å². The Morgan fingerprint density at radius 3 is 1.84 bits per heavy atom. The monoisotopic (exact) mass is 464 g/mol. The van der Waals surface area contributed by atoms with E-state index in [0.29, 0.717) is 19.3 Å². The van der Waals surface area contributed by atoms with Crippen molar-refractivity contribution in [2.75, 3.05) is 11.1 Å². The fourth-order valence-electron chi connectivity index (χ4n) is 3.49. The molecule has 0 saturated heterocycles. The van der Waals surface area contributed by atoms with Crippen LogP contribution in [0.15, 0.2) is 29.2 Å². The van der Waals surface area contributed by atoms with Gasteiger partial charge in [0.25, 0.3) is 0 Å². The number of anilines is 1. The summed E-state index contributed by atoms with van der Waals surface area (Å²) in [7, 11) is 0. The molecule has 0 aliphatic rings. The van der Waals surface area contributed by atoms with E-state index < -0.39 is 5.97 Å². The number of hydrogen-bond acceptors (Lipinski definition) is 4. The normalized spacial score (nSPS) is 10.8. The molecule has 0 heterocycles. The van der Waals surface area contributed by atoms with Crippen LogP contribution in [-0.4, -0.2) is 28.6 Å². The van der Waals surface area contributed by atoms with E-state index in [9.17, 15) is 14.4 Å². The predicted octanol–water partition coefficient (Wildman–Crippen LogP) is 6.14. The van der Waals surface area contributed by atoms with Gasteiger partial charge >= 0.3 is 5.97 Å². The average molecular weight is 465 g/mol. The summed E-state index contributed by atoms with van der Waals surface area (Å²) in [5, 5.41) is 11.6. The van der Waals surface area contributed by atoms with Crippen LogP contribution in [0.3, 0.4) is 0 Å². The first kappa shape index (κ1) is 28.0. The molecular formula is C25H40N2O4S. The van der Waals surface area contributed by atoms with Crippen LogP contribution in [0.25, 0.3) is 0 Å². The third-order valence-corrected chi connectivity index (χ3v) is 6.44. The lowest BCUT2D eigenvalue weighted by Crippen LogP contribution is -2.12. The lowest BCUT2D eigenvalue weighted by molar-refractivity contribution is -0.137. The minimum atomic E-state index is -0.694. The summed E-state index contributed by atoms with van der Waals surface area (Å²) < 4.78 is 0. The SMILES string of the molecule is NC(=O)CCCSc1ccccc1NC(=O)CCCCCCCCCCCCCC(=O)O. The van der Waals surface area contributed by atoms with Gasteiger partial charge < -0.3 is 16.2 Å². The van der Waals surface area contributed by atoms with E-state index in [1.807, 2.05) is 24.3 Å². The number of hydrogen-bond donors (Lipinski definition) is 3. The lowest BCUT2D eigenvalue weighted by atomic mass is 10.0. The van der Waals surface area contributed by atoms with Crippen LogP contribution in [0.5, 0.6) is 0 Å². The number of unbranched alkanes of at least 4 members (excludes halogenated alkanes) is 10. The second kappa shape index (κ2) is 18.5. The highest BCUT2D eigenvalue weighted by atomic mass is 32.2. The molecule has 1 aromatic carbocycles. The lowest BCUT2D eigenvalue weighted by Gasteiger charge is -2.10. The zero-order valence-electron chi connectivity index (χ0n) is 19.3. The quantitative estimate of drug-likeness (QED) is 0.159. The molecule has 0 aromatic heterocycles. The van der Waals surface area contributed by atoms with E-state index in [2.05, 4.69) is 5.32 Å². The Hall–Kier alpha value is -2.02. The van der Waals surface area contributed by atoms with Gasteiger partial charge in [-0.05, 0) is 37.1 Å². The van der Waals surface area contributed by atoms with Crippen LogP contribution in [0, 0.1) is 0 Å². The molecule has 0 spiro atoms. The van der Waals surface area contributed by atoms with Gasteiger partial charge in [0.2, 0.25) is 11.8 Å². The molecule has 0 radical (unpaired) electrons. The number of aliphatic carboxylic acids is 1. The fourth-order valence-corrected chi connectivity index (χ4v) is 4.45. The van der Waals surface area contributed by atoms with E-state index >= 15 is 0 Å². The first-order chi connectivity index (χ1) is 15.5. The van der Waals surface area contributed by atoms with Crippen molar-refractivity contribution >= 4 is 35.2 Å². The van der Waals surface area contributed by atoms with E-state index in [4.69, 9.17) is 10.8 Å². The first-order valence-corrected chi connectivity index (χ1v) is 13.0. The number of amides is 2. The summed E-state index contributed by atoms with van der Waals surface area (Å²) in [6.45, 7) is 0. The van der Waals surface area contributed by atoms with Gasteiger partial charge in [-0.3, -0.25) is 14.4 Å². The summed E-state index contributed by atoms with van der Waals surface area (Å²) in [6.07, 6.45) is 14.2. The molecule has 0 saturated carbocycles. The third kappa shape index (κ3) is 15.7. The Kier molecular flexibility index (Phi) is 16.2. The van der Waals surface area contributed by atoms with Crippen molar-refractivity contribution in [2.24, 2.45) is 5.73 Å². The maximum Gasteiger partial charge on any atom is 0.303 e. The van der Waals surface area contributed by atoms with Crippen LogP contribution in [0.2, 0.25) is 0 Å². The first-order valence-electron chi connectivity index (χ1n) is 12.0. The van der Waals surface area contributed by atoms with Crippen LogP contribution < -0.4 is 11.1 Å². The molecular weight excluding hydrogens is 424 g/mol. The van der Waals surface area contributed by atoms with Gasteiger partial charge in [-0.2, -0.15) is 0 Å². The molecule has 0 atom stereocenters. The summed E-state index contributed by atoms with van der Waals surface area (Å²) in [5.41, 5.74) is 6.01. The number of thioether (sulfide) groups is 1. The maximum atomic E-state index is 12.3. The number of nitrogens with two attached hydrogens (primary N) is 1. The number of carbonyl (C=O) groups is 3. The minimum Gasteiger partial charge on any atom is -0.481 e. The zero-order chi connectivity index (χ0) is 23.4. The Labute approximate surface area is 197 Å². The van der Waals surface area contributed by atoms with Crippen molar-refractivity contribution in [3.8, 4) is 0 Å². The highest BCUT2D eigenvalue weighted by molar-refractivity contribution is 7.99. The number of carboxylic acid groups (broad SMARTS) is 1. The smallest absolute Gasteiger partial charge is 0.303 e. The zero-order valence-corrected chi connectivity index (χ0v) is 20.1. The number of nitrogens with one attached hydrogen (secondary N) is 1. The van der Waals surface area contributed by atoms with Crippen LogP contribution in [0.4, 0.5) is 5.69 Å². The number of primary amides is 1. The average Bonchev–Trinajstić information content (AvgIpc) is 2.75. The Balaban J connectivity index is 2.04. The van der Waals surface area contributed by atoms with E-state index in [1.165, 1.54) is 32.1 Å². The molecule has 0 bridgehead atoms. The summed E-state index contributed by atoms with van der Waals surface area (Å²) >= 11 is 1.63. The molecule has 7 heteroatoms. The van der Waals surface area contributed by atoms with Gasteiger partial charge in [-0.25, -0.2) is 0 Å². The van der Waals surface area contributed by atoms with Crippen LogP contribution in [0.1, 0.15) is 96.3 Å². The number of benzene rings is 1. The topological polar surface area (TPSA) is 109 Å². The molecule has 32 heavy (non-hydrogen) atoms. The van der Waals surface area contributed by atoms with Crippen molar-refractivity contribution < 1.29 is 19.5 Å². The molecule has 0 fully saturated rings. The molecule has 180 valence electrons. The molecule has 6 nitrogen and oxygen atoms in total. The summed E-state index contributed by atoms with van der Waals surface area (Å²) in [5.74, 6) is -0.129. The van der Waals surface area contributed by atoms with Gasteiger partial charge in [-0.15, -0.1) is 11.8 Å².